The Hall–Kier alpha value is -0.0400. The first-order chi connectivity index (χ1) is 7.31. The van der Waals surface area contributed by atoms with Gasteiger partial charge in [-0.25, -0.2) is 0 Å². The highest BCUT2D eigenvalue weighted by Gasteiger charge is 2.40. The zero-order valence-corrected chi connectivity index (χ0v) is 10.0. The highest BCUT2D eigenvalue weighted by atomic mass is 14.9. The second-order valence-electron chi connectivity index (χ2n) is 6.46. The fourth-order valence-corrected chi connectivity index (χ4v) is 4.29. The molecule has 1 N–H and O–H groups in total. The first kappa shape index (κ1) is 10.1. The molecule has 86 valence electrons. The van der Waals surface area contributed by atoms with E-state index in [0.717, 1.165) is 29.7 Å². The van der Waals surface area contributed by atoms with Crippen molar-refractivity contribution in [2.24, 2.45) is 23.7 Å². The fraction of sp³-hybridized carbons (Fsp3) is 1.00. The molecule has 1 saturated heterocycles. The smallest absolute Gasteiger partial charge is 0.00700 e. The molecule has 2 saturated carbocycles. The van der Waals surface area contributed by atoms with Gasteiger partial charge >= 0.3 is 0 Å². The minimum Gasteiger partial charge on any atom is -0.314 e. The van der Waals surface area contributed by atoms with Crippen molar-refractivity contribution in [1.82, 2.24) is 5.32 Å². The molecule has 2 bridgehead atoms. The fourth-order valence-electron chi connectivity index (χ4n) is 4.29. The van der Waals surface area contributed by atoms with Crippen LogP contribution in [0.15, 0.2) is 0 Å². The quantitative estimate of drug-likeness (QED) is 0.733. The van der Waals surface area contributed by atoms with Crippen LogP contribution in [0.3, 0.4) is 0 Å². The summed E-state index contributed by atoms with van der Waals surface area (Å²) in [6.07, 6.45) is 10.6. The molecule has 3 fully saturated rings. The van der Waals surface area contributed by atoms with Gasteiger partial charge in [-0.15, -0.1) is 0 Å². The summed E-state index contributed by atoms with van der Waals surface area (Å²) >= 11 is 0. The Bertz CT molecular complexity index is 217. The first-order valence-corrected chi connectivity index (χ1v) is 7.04. The van der Waals surface area contributed by atoms with Crippen molar-refractivity contribution in [3.05, 3.63) is 0 Å². The molecular weight excluding hydrogens is 182 g/mol. The third-order valence-corrected chi connectivity index (χ3v) is 5.23. The molecular formula is C14H25N. The molecule has 0 spiro atoms. The lowest BCUT2D eigenvalue weighted by atomic mass is 9.82. The van der Waals surface area contributed by atoms with Crippen LogP contribution >= 0.6 is 0 Å². The molecule has 1 nitrogen and oxygen atoms in total. The number of hydrogen-bond donors (Lipinski definition) is 1. The van der Waals surface area contributed by atoms with Gasteiger partial charge in [0.2, 0.25) is 0 Å². The van der Waals surface area contributed by atoms with Crippen LogP contribution in [0.5, 0.6) is 0 Å². The molecule has 0 aromatic rings. The van der Waals surface area contributed by atoms with Crippen molar-refractivity contribution >= 4 is 0 Å². The van der Waals surface area contributed by atoms with Crippen LogP contribution < -0.4 is 5.32 Å². The topological polar surface area (TPSA) is 12.0 Å². The molecule has 15 heavy (non-hydrogen) atoms. The van der Waals surface area contributed by atoms with Crippen molar-refractivity contribution in [3.8, 4) is 0 Å². The summed E-state index contributed by atoms with van der Waals surface area (Å²) in [6.45, 7) is 3.65. The highest BCUT2D eigenvalue weighted by Crippen LogP contribution is 2.50. The molecule has 0 amide bonds. The molecule has 2 aliphatic carbocycles. The third-order valence-electron chi connectivity index (χ3n) is 5.23. The normalized spacial score (nSPS) is 49.8. The molecule has 5 atom stereocenters. The number of hydrogen-bond acceptors (Lipinski definition) is 1. The molecule has 3 rings (SSSR count). The van der Waals surface area contributed by atoms with E-state index < -0.39 is 0 Å². The highest BCUT2D eigenvalue weighted by molar-refractivity contribution is 4.92. The Balaban J connectivity index is 1.49. The van der Waals surface area contributed by atoms with E-state index in [4.69, 9.17) is 0 Å². The Morgan fingerprint density at radius 1 is 1.07 bits per heavy atom. The second-order valence-corrected chi connectivity index (χ2v) is 6.46. The summed E-state index contributed by atoms with van der Waals surface area (Å²) in [5.74, 6) is 4.26. The lowest BCUT2D eigenvalue weighted by Gasteiger charge is -2.32. The largest absolute Gasteiger partial charge is 0.314 e. The van der Waals surface area contributed by atoms with Crippen LogP contribution in [-0.2, 0) is 0 Å². The summed E-state index contributed by atoms with van der Waals surface area (Å²) in [6, 6.07) is 0.866. The van der Waals surface area contributed by atoms with Crippen LogP contribution in [0.4, 0.5) is 0 Å². The van der Waals surface area contributed by atoms with Gasteiger partial charge in [0, 0.05) is 6.04 Å². The predicted octanol–water partition coefficient (Wildman–Crippen LogP) is 3.20. The number of fused-ring (bicyclic) bond motifs is 2. The summed E-state index contributed by atoms with van der Waals surface area (Å²) in [7, 11) is 0. The van der Waals surface area contributed by atoms with Crippen LogP contribution in [0, 0.1) is 23.7 Å². The Labute approximate surface area is 94.0 Å². The molecule has 0 radical (unpaired) electrons. The van der Waals surface area contributed by atoms with Crippen molar-refractivity contribution < 1.29 is 0 Å². The lowest BCUT2D eigenvalue weighted by molar-refractivity contribution is 0.237. The van der Waals surface area contributed by atoms with E-state index in [1.807, 2.05) is 0 Å². The van der Waals surface area contributed by atoms with E-state index in [1.165, 1.54) is 25.8 Å². The van der Waals surface area contributed by atoms with Gasteiger partial charge in [0.25, 0.3) is 0 Å². The molecule has 5 unspecified atom stereocenters. The predicted molar refractivity (Wildman–Crippen MR) is 63.7 cm³/mol. The second kappa shape index (κ2) is 4.08. The average molecular weight is 207 g/mol. The van der Waals surface area contributed by atoms with Crippen LogP contribution in [-0.4, -0.2) is 12.6 Å². The van der Waals surface area contributed by atoms with Crippen molar-refractivity contribution in [3.63, 3.8) is 0 Å². The van der Waals surface area contributed by atoms with Gasteiger partial charge in [0.05, 0.1) is 0 Å². The van der Waals surface area contributed by atoms with Gasteiger partial charge in [0.15, 0.2) is 0 Å². The van der Waals surface area contributed by atoms with Crippen molar-refractivity contribution in [2.45, 2.75) is 57.9 Å². The van der Waals surface area contributed by atoms with Gasteiger partial charge in [-0.05, 0) is 68.7 Å². The van der Waals surface area contributed by atoms with Gasteiger partial charge in [-0.1, -0.05) is 13.3 Å². The number of rotatable bonds is 2. The third kappa shape index (κ3) is 2.08. The Morgan fingerprint density at radius 3 is 2.60 bits per heavy atom. The first-order valence-electron chi connectivity index (χ1n) is 7.04. The minimum absolute atomic E-state index is 0.866. The summed E-state index contributed by atoms with van der Waals surface area (Å²) < 4.78 is 0. The molecule has 1 heterocycles. The van der Waals surface area contributed by atoms with E-state index in [9.17, 15) is 0 Å². The van der Waals surface area contributed by atoms with E-state index in [2.05, 4.69) is 12.2 Å². The maximum absolute atomic E-state index is 3.76. The van der Waals surface area contributed by atoms with Gasteiger partial charge in [-0.3, -0.25) is 0 Å². The summed E-state index contributed by atoms with van der Waals surface area (Å²) in [4.78, 5) is 0. The summed E-state index contributed by atoms with van der Waals surface area (Å²) in [5.41, 5.74) is 0. The minimum atomic E-state index is 0.866. The van der Waals surface area contributed by atoms with E-state index in [-0.39, 0.29) is 0 Å². The standard InChI is InChI=1S/C14H25N/c1-10-2-5-14(15-9-10)8-13-7-11-3-4-12(13)6-11/h10-15H,2-9H2,1H3. The van der Waals surface area contributed by atoms with Gasteiger partial charge < -0.3 is 5.32 Å². The Kier molecular flexibility index (Phi) is 2.76. The average Bonchev–Trinajstić information content (AvgIpc) is 2.83. The van der Waals surface area contributed by atoms with Crippen molar-refractivity contribution in [1.29, 1.82) is 0 Å². The maximum Gasteiger partial charge on any atom is 0.00700 e. The number of nitrogens with one attached hydrogen (secondary N) is 1. The molecule has 1 heteroatoms. The van der Waals surface area contributed by atoms with Crippen LogP contribution in [0.25, 0.3) is 0 Å². The molecule has 0 aromatic carbocycles. The Morgan fingerprint density at radius 2 is 2.00 bits per heavy atom. The molecule has 3 aliphatic rings. The van der Waals surface area contributed by atoms with E-state index in [1.54, 1.807) is 25.7 Å². The van der Waals surface area contributed by atoms with Crippen molar-refractivity contribution in [2.75, 3.05) is 6.54 Å². The van der Waals surface area contributed by atoms with Crippen LogP contribution in [0.1, 0.15) is 51.9 Å². The summed E-state index contributed by atoms with van der Waals surface area (Å²) in [5, 5.41) is 3.76. The van der Waals surface area contributed by atoms with Gasteiger partial charge in [-0.2, -0.15) is 0 Å². The van der Waals surface area contributed by atoms with Gasteiger partial charge in [0.1, 0.15) is 0 Å². The van der Waals surface area contributed by atoms with Crippen LogP contribution in [0.2, 0.25) is 0 Å². The van der Waals surface area contributed by atoms with E-state index in [0.29, 0.717) is 0 Å². The zero-order chi connectivity index (χ0) is 10.3. The maximum atomic E-state index is 3.76. The van der Waals surface area contributed by atoms with E-state index >= 15 is 0 Å². The molecule has 1 aliphatic heterocycles. The molecule has 0 aromatic heterocycles. The monoisotopic (exact) mass is 207 g/mol. The number of piperidine rings is 1. The zero-order valence-electron chi connectivity index (χ0n) is 10.0. The lowest BCUT2D eigenvalue weighted by Crippen LogP contribution is -2.39. The SMILES string of the molecule is CC1CCC(CC2CC3CCC2C3)NC1.